The Labute approximate surface area is 118 Å². The molecule has 2 heterocycles. The maximum Gasteiger partial charge on any atom is 0.111 e. The zero-order chi connectivity index (χ0) is 13.5. The third-order valence-corrected chi connectivity index (χ3v) is 3.37. The van der Waals surface area contributed by atoms with Crippen LogP contribution in [0.2, 0.25) is 0 Å². The van der Waals surface area contributed by atoms with E-state index in [1.165, 1.54) is 6.42 Å². The van der Waals surface area contributed by atoms with E-state index in [4.69, 9.17) is 16.3 Å². The van der Waals surface area contributed by atoms with Crippen molar-refractivity contribution in [2.24, 2.45) is 0 Å². The van der Waals surface area contributed by atoms with Crippen LogP contribution >= 0.6 is 11.6 Å². The second-order valence-corrected chi connectivity index (χ2v) is 4.91. The van der Waals surface area contributed by atoms with Crippen molar-refractivity contribution in [3.63, 3.8) is 0 Å². The molecule has 0 amide bonds. The molecular weight excluding hydrogens is 262 g/mol. The molecule has 104 valence electrons. The van der Waals surface area contributed by atoms with Gasteiger partial charge in [0.2, 0.25) is 0 Å². The Kier molecular flexibility index (Phi) is 5.61. The van der Waals surface area contributed by atoms with Gasteiger partial charge in [-0.15, -0.1) is 11.6 Å². The summed E-state index contributed by atoms with van der Waals surface area (Å²) in [6.45, 7) is 1.82. The number of rotatable bonds is 8. The number of unbranched alkanes of at least 4 members (excludes halogenated alkanes) is 2. The molecule has 0 aliphatic rings. The van der Waals surface area contributed by atoms with Crippen LogP contribution in [-0.2, 0) is 17.7 Å². The predicted octanol–water partition coefficient (Wildman–Crippen LogP) is 3.03. The van der Waals surface area contributed by atoms with Gasteiger partial charge in [-0.25, -0.2) is 4.98 Å². The summed E-state index contributed by atoms with van der Waals surface area (Å²) < 4.78 is 7.34. The third-order valence-electron chi connectivity index (χ3n) is 3.18. The molecule has 2 rings (SSSR count). The van der Waals surface area contributed by atoms with E-state index >= 15 is 0 Å². The van der Waals surface area contributed by atoms with Crippen LogP contribution in [0.25, 0.3) is 11.0 Å². The number of halogens is 1. The van der Waals surface area contributed by atoms with Crippen molar-refractivity contribution in [1.29, 1.82) is 0 Å². The molecule has 4 nitrogen and oxygen atoms in total. The Balaban J connectivity index is 2.08. The van der Waals surface area contributed by atoms with Gasteiger partial charge in [0.05, 0.1) is 11.7 Å². The summed E-state index contributed by atoms with van der Waals surface area (Å²) in [6.07, 6.45) is 7.83. The predicted molar refractivity (Wildman–Crippen MR) is 77.7 cm³/mol. The van der Waals surface area contributed by atoms with Crippen molar-refractivity contribution in [3.05, 3.63) is 24.3 Å². The molecule has 0 saturated heterocycles. The molecule has 5 heteroatoms. The molecule has 0 atom stereocenters. The summed E-state index contributed by atoms with van der Waals surface area (Å²) in [5.41, 5.74) is 2.11. The van der Waals surface area contributed by atoms with Gasteiger partial charge in [-0.2, -0.15) is 0 Å². The Hall–Kier alpha value is -1.13. The Bertz CT molecular complexity index is 512. The standard InChI is InChI=1S/C14H20ClN3O/c1-19-10-4-2-3-9-18-13-6-8-16-11-12(13)17-14(18)5-7-15/h6,8,11H,2-5,7,9-10H2,1H3. The molecule has 2 aromatic rings. The average molecular weight is 282 g/mol. The van der Waals surface area contributed by atoms with Crippen molar-refractivity contribution in [2.45, 2.75) is 32.2 Å². The van der Waals surface area contributed by atoms with E-state index in [0.717, 1.165) is 49.3 Å². The first-order valence-electron chi connectivity index (χ1n) is 6.71. The summed E-state index contributed by atoms with van der Waals surface area (Å²) in [5.74, 6) is 1.66. The highest BCUT2D eigenvalue weighted by Crippen LogP contribution is 2.17. The zero-order valence-electron chi connectivity index (χ0n) is 11.3. The minimum Gasteiger partial charge on any atom is -0.385 e. The molecular formula is C14H20ClN3O. The SMILES string of the molecule is COCCCCCn1c(CCCl)nc2cnccc21. The molecule has 2 aromatic heterocycles. The number of ether oxygens (including phenoxy) is 1. The van der Waals surface area contributed by atoms with Gasteiger partial charge < -0.3 is 9.30 Å². The van der Waals surface area contributed by atoms with Crippen LogP contribution in [0.1, 0.15) is 25.1 Å². The number of nitrogens with zero attached hydrogens (tertiary/aromatic N) is 3. The van der Waals surface area contributed by atoms with Crippen molar-refractivity contribution in [2.75, 3.05) is 19.6 Å². The first-order valence-corrected chi connectivity index (χ1v) is 7.24. The van der Waals surface area contributed by atoms with Crippen LogP contribution in [0, 0.1) is 0 Å². The van der Waals surface area contributed by atoms with Gasteiger partial charge in [0.25, 0.3) is 0 Å². The second kappa shape index (κ2) is 7.46. The van der Waals surface area contributed by atoms with Crippen LogP contribution in [0.4, 0.5) is 0 Å². The monoisotopic (exact) mass is 281 g/mol. The first-order chi connectivity index (χ1) is 9.36. The minimum atomic E-state index is 0.598. The van der Waals surface area contributed by atoms with E-state index in [0.29, 0.717) is 5.88 Å². The van der Waals surface area contributed by atoms with Crippen molar-refractivity contribution in [1.82, 2.24) is 14.5 Å². The molecule has 0 bridgehead atoms. The highest BCUT2D eigenvalue weighted by atomic mass is 35.5. The lowest BCUT2D eigenvalue weighted by atomic mass is 10.2. The lowest BCUT2D eigenvalue weighted by molar-refractivity contribution is 0.191. The molecule has 0 radical (unpaired) electrons. The Morgan fingerprint density at radius 1 is 1.32 bits per heavy atom. The average Bonchev–Trinajstić information content (AvgIpc) is 2.77. The van der Waals surface area contributed by atoms with E-state index in [-0.39, 0.29) is 0 Å². The van der Waals surface area contributed by atoms with E-state index in [1.54, 1.807) is 7.11 Å². The third kappa shape index (κ3) is 3.67. The number of methoxy groups -OCH3 is 1. The molecule has 0 aliphatic carbocycles. The van der Waals surface area contributed by atoms with Crippen molar-refractivity contribution < 1.29 is 4.74 Å². The molecule has 0 saturated carbocycles. The van der Waals surface area contributed by atoms with Crippen LogP contribution in [0.15, 0.2) is 18.5 Å². The van der Waals surface area contributed by atoms with E-state index < -0.39 is 0 Å². The van der Waals surface area contributed by atoms with Gasteiger partial charge in [-0.05, 0) is 25.3 Å². The molecule has 0 N–H and O–H groups in total. The molecule has 0 aliphatic heterocycles. The molecule has 0 unspecified atom stereocenters. The Morgan fingerprint density at radius 3 is 3.00 bits per heavy atom. The van der Waals surface area contributed by atoms with Crippen molar-refractivity contribution in [3.8, 4) is 0 Å². The largest absolute Gasteiger partial charge is 0.385 e. The second-order valence-electron chi connectivity index (χ2n) is 4.54. The van der Waals surface area contributed by atoms with Gasteiger partial charge in [0.15, 0.2) is 0 Å². The number of alkyl halides is 1. The highest BCUT2D eigenvalue weighted by Gasteiger charge is 2.09. The quantitative estimate of drug-likeness (QED) is 0.551. The van der Waals surface area contributed by atoms with Crippen molar-refractivity contribution >= 4 is 22.6 Å². The number of hydrogen-bond donors (Lipinski definition) is 0. The fraction of sp³-hybridized carbons (Fsp3) is 0.571. The van der Waals surface area contributed by atoms with Gasteiger partial charge >= 0.3 is 0 Å². The lowest BCUT2D eigenvalue weighted by Gasteiger charge is -2.08. The van der Waals surface area contributed by atoms with E-state index in [9.17, 15) is 0 Å². The van der Waals surface area contributed by atoms with Gasteiger partial charge in [0.1, 0.15) is 11.3 Å². The highest BCUT2D eigenvalue weighted by molar-refractivity contribution is 6.17. The molecule has 0 aromatic carbocycles. The molecule has 0 fully saturated rings. The van der Waals surface area contributed by atoms with E-state index in [2.05, 4.69) is 14.5 Å². The summed E-state index contributed by atoms with van der Waals surface area (Å²) in [4.78, 5) is 8.73. The number of fused-ring (bicyclic) bond motifs is 1. The van der Waals surface area contributed by atoms with Gasteiger partial charge in [0, 0.05) is 38.8 Å². The number of imidazole rings is 1. The van der Waals surface area contributed by atoms with Gasteiger partial charge in [-0.1, -0.05) is 0 Å². The molecule has 19 heavy (non-hydrogen) atoms. The van der Waals surface area contributed by atoms with E-state index in [1.807, 2.05) is 18.5 Å². The first kappa shape index (κ1) is 14.3. The maximum atomic E-state index is 5.85. The van der Waals surface area contributed by atoms with Gasteiger partial charge in [-0.3, -0.25) is 4.98 Å². The molecule has 0 spiro atoms. The Morgan fingerprint density at radius 2 is 2.21 bits per heavy atom. The fourth-order valence-electron chi connectivity index (χ4n) is 2.25. The number of pyridine rings is 1. The summed E-state index contributed by atoms with van der Waals surface area (Å²) in [6, 6.07) is 2.02. The van der Waals surface area contributed by atoms with Crippen LogP contribution in [-0.4, -0.2) is 34.1 Å². The minimum absolute atomic E-state index is 0.598. The van der Waals surface area contributed by atoms with Crippen LogP contribution in [0.3, 0.4) is 0 Å². The summed E-state index contributed by atoms with van der Waals surface area (Å²) in [5, 5.41) is 0. The maximum absolute atomic E-state index is 5.85. The van der Waals surface area contributed by atoms with Crippen LogP contribution < -0.4 is 0 Å². The fourth-order valence-corrected chi connectivity index (χ4v) is 2.42. The smallest absolute Gasteiger partial charge is 0.111 e. The van der Waals surface area contributed by atoms with Crippen LogP contribution in [0.5, 0.6) is 0 Å². The summed E-state index contributed by atoms with van der Waals surface area (Å²) >= 11 is 5.85. The zero-order valence-corrected chi connectivity index (χ0v) is 12.1. The topological polar surface area (TPSA) is 39.9 Å². The normalized spacial score (nSPS) is 11.3. The number of aromatic nitrogens is 3. The number of aryl methyl sites for hydroxylation is 2. The lowest BCUT2D eigenvalue weighted by Crippen LogP contribution is -2.05. The number of hydrogen-bond acceptors (Lipinski definition) is 3. The summed E-state index contributed by atoms with van der Waals surface area (Å²) in [7, 11) is 1.74.